The molecule has 0 aromatic heterocycles. The predicted molar refractivity (Wildman–Crippen MR) is 144 cm³/mol. The third-order valence-corrected chi connectivity index (χ3v) is 7.41. The van der Waals surface area contributed by atoms with Crippen molar-refractivity contribution in [1.29, 1.82) is 0 Å². The van der Waals surface area contributed by atoms with E-state index in [2.05, 4.69) is 0 Å². The summed E-state index contributed by atoms with van der Waals surface area (Å²) in [7, 11) is 0. The molecule has 0 unspecified atom stereocenters. The quantitative estimate of drug-likeness (QED) is 0.346. The lowest BCUT2D eigenvalue weighted by Crippen LogP contribution is -2.41. The van der Waals surface area contributed by atoms with Crippen molar-refractivity contribution in [1.82, 2.24) is 4.90 Å². The Hall–Kier alpha value is -3.13. The lowest BCUT2D eigenvalue weighted by Gasteiger charge is -2.28. The van der Waals surface area contributed by atoms with Crippen molar-refractivity contribution in [2.45, 2.75) is 58.0 Å². The summed E-state index contributed by atoms with van der Waals surface area (Å²) in [5, 5.41) is 20.1. The van der Waals surface area contributed by atoms with Crippen LogP contribution in [0.3, 0.4) is 0 Å². The normalized spacial score (nSPS) is 19.4. The highest BCUT2D eigenvalue weighted by Gasteiger charge is 2.35. The van der Waals surface area contributed by atoms with Gasteiger partial charge in [-0.2, -0.15) is 0 Å². The first-order chi connectivity index (χ1) is 18.1. The molecular formula is C31H35F2NO4. The van der Waals surface area contributed by atoms with Gasteiger partial charge in [0.25, 0.3) is 0 Å². The van der Waals surface area contributed by atoms with Crippen LogP contribution in [0.5, 0.6) is 0 Å². The van der Waals surface area contributed by atoms with E-state index in [1.165, 1.54) is 6.07 Å². The second kappa shape index (κ2) is 12.2. The maximum absolute atomic E-state index is 14.7. The van der Waals surface area contributed by atoms with Crippen LogP contribution in [0.15, 0.2) is 60.7 Å². The number of likely N-dealkylation sites (tertiary alicyclic amines) is 1. The van der Waals surface area contributed by atoms with E-state index in [1.807, 2.05) is 48.2 Å². The van der Waals surface area contributed by atoms with Crippen molar-refractivity contribution in [2.24, 2.45) is 0 Å². The van der Waals surface area contributed by atoms with E-state index in [1.54, 1.807) is 32.0 Å². The average molecular weight is 524 g/mol. The number of rotatable bonds is 10. The van der Waals surface area contributed by atoms with Crippen LogP contribution in [0, 0.1) is 19.7 Å². The molecule has 4 rings (SSSR count). The van der Waals surface area contributed by atoms with Gasteiger partial charge in [0.2, 0.25) is 0 Å². The molecule has 1 aliphatic rings. The highest BCUT2D eigenvalue weighted by atomic mass is 19.1. The Morgan fingerprint density at radius 2 is 1.87 bits per heavy atom. The molecule has 202 valence electrons. The number of aryl methyl sites for hydroxylation is 2. The molecule has 0 saturated carbocycles. The minimum Gasteiger partial charge on any atom is -0.478 e. The number of aliphatic hydroxyl groups is 1. The summed E-state index contributed by atoms with van der Waals surface area (Å²) in [4.78, 5) is 13.3. The smallest absolute Gasteiger partial charge is 0.335 e. The number of carbonyl (C=O) groups is 1. The van der Waals surface area contributed by atoms with E-state index in [9.17, 15) is 23.8 Å². The van der Waals surface area contributed by atoms with Gasteiger partial charge in [-0.1, -0.05) is 48.5 Å². The monoisotopic (exact) mass is 523 g/mol. The van der Waals surface area contributed by atoms with E-state index < -0.39 is 24.3 Å². The SMILES string of the molecule is Cc1ccc(C[C@@H]2[C@H](F)CCN2C[C@@H](O)CO[C@H](C)c2ccccc2-c2ccc(C(=O)O)c(C)c2)cc1F. The number of carboxylic acid groups (broad SMARTS) is 1. The maximum Gasteiger partial charge on any atom is 0.335 e. The van der Waals surface area contributed by atoms with Crippen LogP contribution >= 0.6 is 0 Å². The Morgan fingerprint density at radius 3 is 2.58 bits per heavy atom. The summed E-state index contributed by atoms with van der Waals surface area (Å²) in [5.41, 5.74) is 4.99. The molecule has 0 radical (unpaired) electrons. The van der Waals surface area contributed by atoms with Gasteiger partial charge in [0.15, 0.2) is 0 Å². The molecular weight excluding hydrogens is 488 g/mol. The number of hydrogen-bond acceptors (Lipinski definition) is 4. The standard InChI is InChI=1S/C31H35F2NO4/c1-19-8-9-22(15-29(19)33)16-30-28(32)12-13-34(30)17-24(35)18-38-21(3)26-6-4-5-7-27(26)23-10-11-25(31(36)37)20(2)14-23/h4-11,14-15,21,24,28,30,35H,12-13,16-18H2,1-3H3,(H,36,37)/t21-,24-,28-,30-/m1/s1. The first-order valence-electron chi connectivity index (χ1n) is 13.0. The van der Waals surface area contributed by atoms with Gasteiger partial charge in [-0.3, -0.25) is 4.90 Å². The molecule has 1 heterocycles. The number of β-amino-alcohol motifs (C(OH)–C–C–N with tert-alkyl or cyclic N) is 1. The minimum atomic E-state index is -1.03. The van der Waals surface area contributed by atoms with E-state index in [0.717, 1.165) is 22.3 Å². The Labute approximate surface area is 222 Å². The fourth-order valence-corrected chi connectivity index (χ4v) is 5.22. The van der Waals surface area contributed by atoms with E-state index in [0.29, 0.717) is 30.5 Å². The zero-order valence-corrected chi connectivity index (χ0v) is 22.0. The molecule has 2 N–H and O–H groups in total. The summed E-state index contributed by atoms with van der Waals surface area (Å²) in [6.07, 6.45) is -1.41. The van der Waals surface area contributed by atoms with Gasteiger partial charge in [0.05, 0.1) is 24.4 Å². The summed E-state index contributed by atoms with van der Waals surface area (Å²) >= 11 is 0. The predicted octanol–water partition coefficient (Wildman–Crippen LogP) is 5.90. The van der Waals surface area contributed by atoms with Crippen molar-refractivity contribution < 1.29 is 28.5 Å². The van der Waals surface area contributed by atoms with Crippen LogP contribution in [-0.4, -0.2) is 59.1 Å². The first-order valence-corrected chi connectivity index (χ1v) is 13.0. The lowest BCUT2D eigenvalue weighted by molar-refractivity contribution is -0.0183. The van der Waals surface area contributed by atoms with Crippen molar-refractivity contribution in [3.63, 3.8) is 0 Å². The molecule has 0 aliphatic carbocycles. The molecule has 38 heavy (non-hydrogen) atoms. The molecule has 7 heteroatoms. The third kappa shape index (κ3) is 6.46. The summed E-state index contributed by atoms with van der Waals surface area (Å²) < 4.78 is 34.8. The molecule has 0 bridgehead atoms. The number of halogens is 2. The minimum absolute atomic E-state index is 0.0752. The number of aliphatic hydroxyl groups excluding tert-OH is 1. The van der Waals surface area contributed by atoms with Crippen LogP contribution in [-0.2, 0) is 11.2 Å². The average Bonchev–Trinajstić information content (AvgIpc) is 3.22. The number of ether oxygens (including phenoxy) is 1. The first kappa shape index (κ1) is 27.9. The van der Waals surface area contributed by atoms with Gasteiger partial charge in [-0.25, -0.2) is 13.6 Å². The number of alkyl halides is 1. The molecule has 3 aromatic carbocycles. The van der Waals surface area contributed by atoms with E-state index >= 15 is 0 Å². The molecule has 1 fully saturated rings. The number of benzene rings is 3. The van der Waals surface area contributed by atoms with Gasteiger partial charge >= 0.3 is 5.97 Å². The van der Waals surface area contributed by atoms with Crippen molar-refractivity contribution in [2.75, 3.05) is 19.7 Å². The van der Waals surface area contributed by atoms with Crippen LogP contribution in [0.1, 0.15) is 52.1 Å². The molecule has 1 saturated heterocycles. The zero-order valence-electron chi connectivity index (χ0n) is 22.0. The summed E-state index contributed by atoms with van der Waals surface area (Å²) in [6.45, 7) is 6.25. The number of carboxylic acids is 1. The van der Waals surface area contributed by atoms with Crippen molar-refractivity contribution >= 4 is 5.97 Å². The zero-order chi connectivity index (χ0) is 27.4. The van der Waals surface area contributed by atoms with E-state index in [4.69, 9.17) is 4.74 Å². The van der Waals surface area contributed by atoms with Gasteiger partial charge in [-0.15, -0.1) is 0 Å². The molecule has 3 aromatic rings. The molecule has 0 spiro atoms. The van der Waals surface area contributed by atoms with Crippen LogP contribution in [0.4, 0.5) is 8.78 Å². The molecule has 1 aliphatic heterocycles. The lowest BCUT2D eigenvalue weighted by atomic mass is 9.94. The van der Waals surface area contributed by atoms with Crippen molar-refractivity contribution in [3.05, 3.63) is 94.3 Å². The second-order valence-corrected chi connectivity index (χ2v) is 10.2. The Balaban J connectivity index is 1.39. The largest absolute Gasteiger partial charge is 0.478 e. The number of nitrogens with zero attached hydrogens (tertiary/aromatic N) is 1. The maximum atomic E-state index is 14.7. The fraction of sp³-hybridized carbons (Fsp3) is 0.387. The Kier molecular flexibility index (Phi) is 8.92. The van der Waals surface area contributed by atoms with Gasteiger partial charge in [-0.05, 0) is 79.1 Å². The Morgan fingerprint density at radius 1 is 1.11 bits per heavy atom. The van der Waals surface area contributed by atoms with Gasteiger partial charge in [0.1, 0.15) is 12.0 Å². The third-order valence-electron chi connectivity index (χ3n) is 7.41. The topological polar surface area (TPSA) is 70.0 Å². The highest BCUT2D eigenvalue weighted by Crippen LogP contribution is 2.32. The fourth-order valence-electron chi connectivity index (χ4n) is 5.22. The number of aromatic carboxylic acids is 1. The number of hydrogen-bond donors (Lipinski definition) is 2. The highest BCUT2D eigenvalue weighted by molar-refractivity contribution is 5.90. The summed E-state index contributed by atoms with van der Waals surface area (Å²) in [5.74, 6) is -1.25. The Bertz CT molecular complexity index is 1280. The molecule has 4 atom stereocenters. The summed E-state index contributed by atoms with van der Waals surface area (Å²) in [6, 6.07) is 17.6. The van der Waals surface area contributed by atoms with Crippen LogP contribution in [0.25, 0.3) is 11.1 Å². The van der Waals surface area contributed by atoms with Crippen LogP contribution < -0.4 is 0 Å². The molecule has 5 nitrogen and oxygen atoms in total. The van der Waals surface area contributed by atoms with Crippen molar-refractivity contribution in [3.8, 4) is 11.1 Å². The van der Waals surface area contributed by atoms with E-state index in [-0.39, 0.29) is 30.6 Å². The molecule has 0 amide bonds. The van der Waals surface area contributed by atoms with Gasteiger partial charge in [0, 0.05) is 19.1 Å². The van der Waals surface area contributed by atoms with Crippen LogP contribution in [0.2, 0.25) is 0 Å². The van der Waals surface area contributed by atoms with Gasteiger partial charge < -0.3 is 14.9 Å². The second-order valence-electron chi connectivity index (χ2n) is 10.2.